The average Bonchev–Trinajstić information content (AvgIpc) is 2.86. The van der Waals surface area contributed by atoms with Gasteiger partial charge < -0.3 is 15.3 Å². The van der Waals surface area contributed by atoms with E-state index in [1.165, 1.54) is 12.1 Å². The molecule has 0 amide bonds. The summed E-state index contributed by atoms with van der Waals surface area (Å²) in [4.78, 5) is 10.8. The van der Waals surface area contributed by atoms with E-state index < -0.39 is 28.0 Å². The van der Waals surface area contributed by atoms with E-state index in [1.807, 2.05) is 10.8 Å². The van der Waals surface area contributed by atoms with Gasteiger partial charge in [-0.15, -0.1) is 0 Å². The van der Waals surface area contributed by atoms with E-state index >= 15 is 0 Å². The number of carbonyl (C=O) groups is 1. The summed E-state index contributed by atoms with van der Waals surface area (Å²) in [7, 11) is -4.01. The van der Waals surface area contributed by atoms with Crippen LogP contribution >= 0.6 is 0 Å². The Kier molecular flexibility index (Phi) is 4.71. The maximum atomic E-state index is 12.0. The number of aliphatic hydroxyl groups excluding tert-OH is 1. The molecule has 0 aromatic heterocycles. The summed E-state index contributed by atoms with van der Waals surface area (Å²) in [6.07, 6.45) is 4.89. The lowest BCUT2D eigenvalue weighted by Crippen LogP contribution is -2.29. The highest BCUT2D eigenvalue weighted by molar-refractivity contribution is 7.91. The van der Waals surface area contributed by atoms with Crippen LogP contribution < -0.4 is 9.03 Å². The van der Waals surface area contributed by atoms with Crippen LogP contribution in [0.15, 0.2) is 48.5 Å². The van der Waals surface area contributed by atoms with Gasteiger partial charge >= 0.3 is 16.2 Å². The van der Waals surface area contributed by atoms with Gasteiger partial charge in [0.2, 0.25) is 5.88 Å². The molecule has 1 aliphatic heterocycles. The minimum absolute atomic E-state index is 0.000297. The monoisotopic (exact) mass is 390 g/mol. The van der Waals surface area contributed by atoms with Crippen molar-refractivity contribution in [2.75, 3.05) is 4.31 Å². The van der Waals surface area contributed by atoms with Gasteiger partial charge in [0.1, 0.15) is 11.4 Å². The van der Waals surface area contributed by atoms with Crippen molar-refractivity contribution < 1.29 is 28.5 Å². The summed E-state index contributed by atoms with van der Waals surface area (Å²) in [5.41, 5.74) is 0.803. The van der Waals surface area contributed by atoms with Crippen LogP contribution in [0.3, 0.4) is 0 Å². The molecule has 142 valence electrons. The number of aliphatic carboxylic acids is 1. The molecule has 2 aromatic rings. The number of nitrogens with one attached hydrogen (secondary N) is 1. The number of rotatable bonds is 5. The number of benzene rings is 2. The Balaban J connectivity index is 1.96. The molecule has 4 N–H and O–H groups in total. The molecule has 0 saturated carbocycles. The molecule has 0 bridgehead atoms. The molecule has 27 heavy (non-hydrogen) atoms. The average molecular weight is 390 g/mol. The highest BCUT2D eigenvalue weighted by atomic mass is 32.2. The third-order valence-corrected chi connectivity index (χ3v) is 5.44. The van der Waals surface area contributed by atoms with Gasteiger partial charge in [0.05, 0.1) is 12.1 Å². The maximum absolute atomic E-state index is 12.0. The Labute approximate surface area is 155 Å². The Bertz CT molecular complexity index is 1070. The molecule has 2 aromatic carbocycles. The van der Waals surface area contributed by atoms with Crippen LogP contribution in [0.5, 0.6) is 5.75 Å². The van der Waals surface area contributed by atoms with Gasteiger partial charge in [0.25, 0.3) is 0 Å². The van der Waals surface area contributed by atoms with Crippen molar-refractivity contribution in [2.45, 2.75) is 13.3 Å². The molecule has 0 spiro atoms. The Morgan fingerprint density at radius 2 is 1.96 bits per heavy atom. The zero-order valence-corrected chi connectivity index (χ0v) is 15.1. The summed E-state index contributed by atoms with van der Waals surface area (Å²) < 4.78 is 26.7. The molecule has 0 saturated heterocycles. The number of hydrogen-bond donors (Lipinski definition) is 4. The molecule has 0 fully saturated rings. The highest BCUT2D eigenvalue weighted by Crippen LogP contribution is 2.36. The van der Waals surface area contributed by atoms with Gasteiger partial charge in [0, 0.05) is 0 Å². The standard InChI is InChI=1S/C18H18N2O6S/c1-11(18(23)24)3-2-4-12-5-6-13-9-16(21)15(8-14(13)7-12)20-10-17(22)19-27(20,25)26/h2,4-11,19,21-22H,3H2,1H3,(H,23,24). The molecule has 0 aliphatic carbocycles. The lowest BCUT2D eigenvalue weighted by molar-refractivity contribution is -0.140. The Morgan fingerprint density at radius 1 is 1.22 bits per heavy atom. The molecule has 3 rings (SSSR count). The zero-order valence-electron chi connectivity index (χ0n) is 14.3. The van der Waals surface area contributed by atoms with Gasteiger partial charge in [-0.3, -0.25) is 4.79 Å². The summed E-state index contributed by atoms with van der Waals surface area (Å²) in [5.74, 6) is -2.15. The van der Waals surface area contributed by atoms with Crippen molar-refractivity contribution in [2.24, 2.45) is 5.92 Å². The van der Waals surface area contributed by atoms with Gasteiger partial charge in [-0.2, -0.15) is 8.42 Å². The van der Waals surface area contributed by atoms with Crippen LogP contribution in [0.25, 0.3) is 16.8 Å². The molecule has 1 aliphatic rings. The maximum Gasteiger partial charge on any atom is 0.330 e. The van der Waals surface area contributed by atoms with Crippen molar-refractivity contribution in [3.05, 3.63) is 54.1 Å². The fraction of sp³-hybridized carbons (Fsp3) is 0.167. The molecule has 0 radical (unpaired) electrons. The lowest BCUT2D eigenvalue weighted by Gasteiger charge is -2.16. The van der Waals surface area contributed by atoms with Crippen LogP contribution in [-0.4, -0.2) is 29.7 Å². The summed E-state index contributed by atoms with van der Waals surface area (Å²) in [6.45, 7) is 1.62. The number of nitrogens with zero attached hydrogens (tertiary/aromatic N) is 1. The van der Waals surface area contributed by atoms with E-state index in [4.69, 9.17) is 5.11 Å². The Hall–Kier alpha value is -3.20. The summed E-state index contributed by atoms with van der Waals surface area (Å²) >= 11 is 0. The number of phenolic OH excluding ortho intramolecular Hbond substituents is 1. The Morgan fingerprint density at radius 3 is 2.59 bits per heavy atom. The van der Waals surface area contributed by atoms with Crippen LogP contribution in [0.1, 0.15) is 18.9 Å². The van der Waals surface area contributed by atoms with Gasteiger partial charge in [-0.05, 0) is 41.0 Å². The fourth-order valence-electron chi connectivity index (χ4n) is 2.67. The first-order valence-electron chi connectivity index (χ1n) is 8.06. The molecule has 1 unspecified atom stereocenters. The number of aliphatic hydroxyl groups is 1. The van der Waals surface area contributed by atoms with Crippen LogP contribution in [0.4, 0.5) is 5.69 Å². The molecular weight excluding hydrogens is 372 g/mol. The number of hydrogen-bond acceptors (Lipinski definition) is 5. The minimum atomic E-state index is -4.01. The zero-order chi connectivity index (χ0) is 19.8. The fourth-order valence-corrected chi connectivity index (χ4v) is 3.73. The lowest BCUT2D eigenvalue weighted by atomic mass is 10.0. The second-order valence-corrected chi connectivity index (χ2v) is 7.79. The predicted molar refractivity (Wildman–Crippen MR) is 101 cm³/mol. The molecule has 9 heteroatoms. The number of carboxylic acid groups (broad SMARTS) is 1. The number of anilines is 1. The summed E-state index contributed by atoms with van der Waals surface area (Å²) in [5, 5.41) is 29.9. The first-order chi connectivity index (χ1) is 12.7. The van der Waals surface area contributed by atoms with E-state index in [0.717, 1.165) is 16.1 Å². The van der Waals surface area contributed by atoms with E-state index in [2.05, 4.69) is 0 Å². The third kappa shape index (κ3) is 3.82. The van der Waals surface area contributed by atoms with E-state index in [0.29, 0.717) is 17.2 Å². The second kappa shape index (κ2) is 6.84. The van der Waals surface area contributed by atoms with Crippen LogP contribution in [0, 0.1) is 5.92 Å². The SMILES string of the molecule is CC(CC=Cc1ccc2cc(O)c(N3C=C(O)NS3(=O)=O)cc2c1)C(=O)O. The molecular formula is C18H18N2O6S. The third-order valence-electron chi connectivity index (χ3n) is 4.15. The van der Waals surface area contributed by atoms with E-state index in [9.17, 15) is 23.4 Å². The van der Waals surface area contributed by atoms with Crippen molar-refractivity contribution in [3.8, 4) is 5.75 Å². The number of fused-ring (bicyclic) bond motifs is 1. The van der Waals surface area contributed by atoms with Crippen molar-refractivity contribution in [1.29, 1.82) is 0 Å². The normalized spacial score (nSPS) is 17.1. The highest BCUT2D eigenvalue weighted by Gasteiger charge is 2.30. The predicted octanol–water partition coefficient (Wildman–Crippen LogP) is 2.68. The topological polar surface area (TPSA) is 127 Å². The molecule has 1 atom stereocenters. The second-order valence-electron chi connectivity index (χ2n) is 6.24. The first-order valence-corrected chi connectivity index (χ1v) is 9.50. The van der Waals surface area contributed by atoms with Crippen molar-refractivity contribution in [1.82, 2.24) is 4.72 Å². The summed E-state index contributed by atoms with van der Waals surface area (Å²) in [6, 6.07) is 8.30. The number of carboxylic acids is 1. The largest absolute Gasteiger partial charge is 0.506 e. The van der Waals surface area contributed by atoms with Gasteiger partial charge in [0.15, 0.2) is 0 Å². The number of aromatic hydroxyl groups is 1. The van der Waals surface area contributed by atoms with E-state index in [-0.39, 0.29) is 11.4 Å². The van der Waals surface area contributed by atoms with Crippen LogP contribution in [-0.2, 0) is 15.0 Å². The van der Waals surface area contributed by atoms with Gasteiger partial charge in [-0.1, -0.05) is 31.2 Å². The minimum Gasteiger partial charge on any atom is -0.506 e. The van der Waals surface area contributed by atoms with Crippen LogP contribution in [0.2, 0.25) is 0 Å². The molecule has 8 nitrogen and oxygen atoms in total. The van der Waals surface area contributed by atoms with Gasteiger partial charge in [-0.25, -0.2) is 9.03 Å². The smallest absolute Gasteiger partial charge is 0.330 e. The number of phenols is 1. The first kappa shape index (κ1) is 18.6. The van der Waals surface area contributed by atoms with Crippen molar-refractivity contribution in [3.63, 3.8) is 0 Å². The van der Waals surface area contributed by atoms with Crippen molar-refractivity contribution >= 4 is 38.7 Å². The quantitative estimate of drug-likeness (QED) is 0.622. The number of allylic oxidation sites excluding steroid dienone is 1. The van der Waals surface area contributed by atoms with E-state index in [1.54, 1.807) is 31.2 Å². The molecule has 1 heterocycles.